The molecular formula is C31H52F2N2O7. The molecule has 42 heavy (non-hydrogen) atoms. The molecule has 7 N–H and O–H groups in total. The molecule has 5 fully saturated rings. The minimum atomic E-state index is -2.16. The fourth-order valence-electron chi connectivity index (χ4n) is 10.6. The molecule has 5 saturated carbocycles. The number of hydrogen-bond acceptors (Lipinski definition) is 9. The molecular weight excluding hydrogens is 550 g/mol. The number of nitrogens with zero attached hydrogens (tertiary/aromatic N) is 1. The van der Waals surface area contributed by atoms with Gasteiger partial charge in [0.25, 0.3) is 0 Å². The molecule has 5 aliphatic rings. The molecule has 0 aromatic carbocycles. The highest BCUT2D eigenvalue weighted by molar-refractivity contribution is 5.87. The van der Waals surface area contributed by atoms with Crippen molar-refractivity contribution in [3.63, 3.8) is 0 Å². The minimum absolute atomic E-state index is 0.0458. The Morgan fingerprint density at radius 3 is 2.19 bits per heavy atom. The van der Waals surface area contributed by atoms with Gasteiger partial charge in [0, 0.05) is 35.8 Å². The fourth-order valence-corrected chi connectivity index (χ4v) is 10.6. The van der Waals surface area contributed by atoms with Crippen LogP contribution in [0.2, 0.25) is 0 Å². The van der Waals surface area contributed by atoms with Crippen LogP contribution in [0.1, 0.15) is 65.7 Å². The number of nitrogens with one attached hydrogen (secondary N) is 1. The summed E-state index contributed by atoms with van der Waals surface area (Å²) in [6.07, 6.45) is -7.34. The maximum absolute atomic E-state index is 14.5. The Bertz CT molecular complexity index is 1010. The highest BCUT2D eigenvalue weighted by Crippen LogP contribution is 2.66. The van der Waals surface area contributed by atoms with Crippen LogP contribution in [0.4, 0.5) is 8.78 Å². The second-order valence-corrected chi connectivity index (χ2v) is 15.5. The molecule has 5 rings (SSSR count). The van der Waals surface area contributed by atoms with E-state index in [4.69, 9.17) is 0 Å². The van der Waals surface area contributed by atoms with Crippen molar-refractivity contribution in [1.29, 1.82) is 0 Å². The molecule has 0 bridgehead atoms. The predicted octanol–water partition coefficient (Wildman–Crippen LogP) is 0.568. The van der Waals surface area contributed by atoms with Gasteiger partial charge in [0.1, 0.15) is 23.7 Å². The number of alkyl halides is 2. The summed E-state index contributed by atoms with van der Waals surface area (Å²) in [5.74, 6) is -3.85. The zero-order valence-electron chi connectivity index (χ0n) is 25.5. The van der Waals surface area contributed by atoms with Crippen LogP contribution in [0.15, 0.2) is 0 Å². The van der Waals surface area contributed by atoms with Crippen LogP contribution in [0.5, 0.6) is 0 Å². The van der Waals surface area contributed by atoms with Gasteiger partial charge in [0.15, 0.2) is 0 Å². The Hall–Kier alpha value is -0.790. The quantitative estimate of drug-likeness (QED) is 0.239. The summed E-state index contributed by atoms with van der Waals surface area (Å²) < 4.78 is 28.1. The zero-order chi connectivity index (χ0) is 31.1. The van der Waals surface area contributed by atoms with Gasteiger partial charge in [-0.05, 0) is 83.3 Å². The molecule has 0 saturated heterocycles. The molecule has 16 atom stereocenters. The molecule has 0 amide bonds. The van der Waals surface area contributed by atoms with E-state index in [1.165, 1.54) is 6.92 Å². The molecule has 0 radical (unpaired) electrons. The lowest BCUT2D eigenvalue weighted by atomic mass is 9.40. The first-order valence-corrected chi connectivity index (χ1v) is 15.8. The Morgan fingerprint density at radius 2 is 1.62 bits per heavy atom. The molecule has 5 aliphatic carbocycles. The van der Waals surface area contributed by atoms with Gasteiger partial charge in [-0.25, -0.2) is 8.78 Å². The third-order valence-corrected chi connectivity index (χ3v) is 12.3. The molecule has 13 unspecified atom stereocenters. The lowest BCUT2D eigenvalue weighted by molar-refractivity contribution is -0.317. The molecule has 11 heteroatoms. The van der Waals surface area contributed by atoms with Crippen molar-refractivity contribution in [2.45, 2.75) is 126 Å². The Kier molecular flexibility index (Phi) is 8.71. The number of hydrogen-bond donors (Lipinski definition) is 7. The molecule has 0 aliphatic heterocycles. The van der Waals surface area contributed by atoms with Crippen LogP contribution in [0, 0.1) is 40.4 Å². The van der Waals surface area contributed by atoms with Crippen LogP contribution in [0.25, 0.3) is 0 Å². The summed E-state index contributed by atoms with van der Waals surface area (Å²) in [5, 5.41) is 71.6. The molecule has 9 nitrogen and oxygen atoms in total. The molecule has 0 spiro atoms. The number of Topliss-reactive ketones (excluding diaryl/α,β-unsaturated/α-hetero) is 1. The smallest absolute Gasteiger partial charge is 0.145 e. The number of carbonyl (C=O) groups is 1. The summed E-state index contributed by atoms with van der Waals surface area (Å²) in [5.41, 5.74) is -4.08. The first kappa shape index (κ1) is 32.6. The van der Waals surface area contributed by atoms with Crippen LogP contribution >= 0.6 is 0 Å². The maximum atomic E-state index is 14.5. The number of fused-ring (bicyclic) bond motifs is 3. The van der Waals surface area contributed by atoms with Crippen molar-refractivity contribution in [2.75, 3.05) is 20.6 Å². The van der Waals surface area contributed by atoms with Crippen molar-refractivity contribution in [1.82, 2.24) is 10.2 Å². The fraction of sp³-hybridized carbons (Fsp3) is 0.968. The molecule has 0 aromatic rings. The van der Waals surface area contributed by atoms with E-state index in [1.54, 1.807) is 6.92 Å². The average Bonchev–Trinajstić information content (AvgIpc) is 2.84. The van der Waals surface area contributed by atoms with E-state index in [0.29, 0.717) is 19.4 Å². The number of aliphatic hydroxyl groups is 6. The second kappa shape index (κ2) is 11.2. The number of aliphatic hydroxyl groups excluding tert-OH is 5. The van der Waals surface area contributed by atoms with Gasteiger partial charge in [-0.1, -0.05) is 13.8 Å². The summed E-state index contributed by atoms with van der Waals surface area (Å²) in [6, 6.07) is -0.603. The lowest BCUT2D eigenvalue weighted by Crippen LogP contribution is -2.78. The predicted molar refractivity (Wildman–Crippen MR) is 151 cm³/mol. The summed E-state index contributed by atoms with van der Waals surface area (Å²) in [7, 11) is 3.86. The van der Waals surface area contributed by atoms with E-state index < -0.39 is 83.1 Å². The van der Waals surface area contributed by atoms with Crippen molar-refractivity contribution < 1.29 is 44.2 Å². The van der Waals surface area contributed by atoms with Crippen molar-refractivity contribution in [3.8, 4) is 0 Å². The number of halogens is 2. The first-order valence-electron chi connectivity index (χ1n) is 15.8. The third kappa shape index (κ3) is 4.98. The van der Waals surface area contributed by atoms with E-state index in [-0.39, 0.29) is 55.8 Å². The van der Waals surface area contributed by atoms with Crippen LogP contribution in [-0.2, 0) is 4.79 Å². The highest BCUT2D eigenvalue weighted by Gasteiger charge is 2.74. The average molecular weight is 603 g/mol. The van der Waals surface area contributed by atoms with E-state index >= 15 is 0 Å². The standard InChI is InChI=1S/C31H52F2N2O7/c1-14(36)22-21(37)11-30(3)13-29(2)10-18-20(35(4)5)9-19(34-12-15-6-16(32)8-17(33)7-15)25(38)23(18)26(39)24(29)28(41)31(30,42)27(22)40/h14-25,27-28,34,36-38,40-42H,6-13H2,1-5H3/t14?,15?,16?,17?,18?,19?,20?,21?,22?,23?,24?,25?,27?,28?,29-,30+,31+/m0/s1. The minimum Gasteiger partial charge on any atom is -0.393 e. The van der Waals surface area contributed by atoms with Gasteiger partial charge in [0.05, 0.1) is 36.4 Å². The first-order chi connectivity index (χ1) is 19.4. The number of rotatable bonds is 5. The van der Waals surface area contributed by atoms with Crippen molar-refractivity contribution in [2.24, 2.45) is 40.4 Å². The van der Waals surface area contributed by atoms with Gasteiger partial charge >= 0.3 is 0 Å². The van der Waals surface area contributed by atoms with Gasteiger partial charge in [0.2, 0.25) is 0 Å². The zero-order valence-corrected chi connectivity index (χ0v) is 25.5. The molecule has 0 aromatic heterocycles. The second-order valence-electron chi connectivity index (χ2n) is 15.5. The van der Waals surface area contributed by atoms with E-state index in [1.807, 2.05) is 25.9 Å². The maximum Gasteiger partial charge on any atom is 0.145 e. The van der Waals surface area contributed by atoms with Gasteiger partial charge in [-0.2, -0.15) is 0 Å². The van der Waals surface area contributed by atoms with Crippen LogP contribution in [-0.4, -0.2) is 123 Å². The summed E-state index contributed by atoms with van der Waals surface area (Å²) in [6.45, 7) is 5.39. The van der Waals surface area contributed by atoms with Gasteiger partial charge in [-0.15, -0.1) is 0 Å². The topological polar surface area (TPSA) is 154 Å². The normalized spacial score (nSPS) is 55.5. The number of carbonyl (C=O) groups excluding carboxylic acids is 1. The number of ketones is 1. The summed E-state index contributed by atoms with van der Waals surface area (Å²) >= 11 is 0. The SMILES string of the molecule is CC(O)C1C(O)C[C@]2(C)C[C@]3(C)CC4C(C(=O)C3C(O)[C@]2(O)C1O)C(O)C(NCC1CC(F)CC(F)C1)CC4N(C)C. The van der Waals surface area contributed by atoms with Crippen LogP contribution < -0.4 is 5.32 Å². The highest BCUT2D eigenvalue weighted by atomic mass is 19.1. The molecule has 242 valence electrons. The Balaban J connectivity index is 1.45. The van der Waals surface area contributed by atoms with Gasteiger partial charge < -0.3 is 40.9 Å². The van der Waals surface area contributed by atoms with Crippen molar-refractivity contribution in [3.05, 3.63) is 0 Å². The monoisotopic (exact) mass is 602 g/mol. The van der Waals surface area contributed by atoms with E-state index in [2.05, 4.69) is 5.32 Å². The van der Waals surface area contributed by atoms with E-state index in [9.17, 15) is 44.2 Å². The summed E-state index contributed by atoms with van der Waals surface area (Å²) in [4.78, 5) is 16.5. The molecule has 0 heterocycles. The third-order valence-electron chi connectivity index (χ3n) is 12.3. The van der Waals surface area contributed by atoms with E-state index in [0.717, 1.165) is 0 Å². The largest absolute Gasteiger partial charge is 0.393 e. The van der Waals surface area contributed by atoms with Crippen molar-refractivity contribution >= 4 is 5.78 Å². The Labute approximate surface area is 247 Å². The Morgan fingerprint density at radius 1 is 1.00 bits per heavy atom. The van der Waals surface area contributed by atoms with Crippen LogP contribution in [0.3, 0.4) is 0 Å². The van der Waals surface area contributed by atoms with Gasteiger partial charge in [-0.3, -0.25) is 4.79 Å². The lowest BCUT2D eigenvalue weighted by Gasteiger charge is -2.68.